The van der Waals surface area contributed by atoms with Gasteiger partial charge in [-0.15, -0.1) is 0 Å². The third kappa shape index (κ3) is 3.84. The number of oxime groups is 1. The van der Waals surface area contributed by atoms with Crippen molar-refractivity contribution in [2.75, 3.05) is 13.2 Å². The second-order valence-electron chi connectivity index (χ2n) is 4.25. The van der Waals surface area contributed by atoms with E-state index in [1.807, 2.05) is 24.3 Å². The van der Waals surface area contributed by atoms with Gasteiger partial charge in [-0.25, -0.2) is 0 Å². The molecule has 1 aromatic rings. The van der Waals surface area contributed by atoms with Crippen molar-refractivity contribution < 1.29 is 9.94 Å². The molecule has 0 spiro atoms. The molecule has 1 aliphatic heterocycles. The summed E-state index contributed by atoms with van der Waals surface area (Å²) in [7, 11) is 0. The number of nitrogens with zero attached hydrogens (tertiary/aromatic N) is 1. The molecule has 17 heavy (non-hydrogen) atoms. The third-order valence-electron chi connectivity index (χ3n) is 3.00. The Morgan fingerprint density at radius 2 is 2.00 bits per heavy atom. The molecule has 0 unspecified atom stereocenters. The van der Waals surface area contributed by atoms with Crippen molar-refractivity contribution in [2.24, 2.45) is 5.16 Å². The van der Waals surface area contributed by atoms with Crippen LogP contribution in [0.1, 0.15) is 24.0 Å². The fraction of sp³-hybridized carbons (Fsp3) is 0.462. The van der Waals surface area contributed by atoms with E-state index in [0.717, 1.165) is 38.2 Å². The summed E-state index contributed by atoms with van der Waals surface area (Å²) in [6, 6.07) is 8.55. The predicted octanol–water partition coefficient (Wildman–Crippen LogP) is 1.76. The minimum atomic E-state index is 0.572. The van der Waals surface area contributed by atoms with E-state index < -0.39 is 0 Å². The van der Waals surface area contributed by atoms with Crippen molar-refractivity contribution in [3.63, 3.8) is 0 Å². The van der Waals surface area contributed by atoms with Crippen molar-refractivity contribution in [3.8, 4) is 0 Å². The van der Waals surface area contributed by atoms with E-state index in [4.69, 9.17) is 9.94 Å². The van der Waals surface area contributed by atoms with E-state index >= 15 is 0 Å². The topological polar surface area (TPSA) is 53.9 Å². The Hall–Kier alpha value is -1.39. The summed E-state index contributed by atoms with van der Waals surface area (Å²) in [5.41, 5.74) is 2.15. The van der Waals surface area contributed by atoms with Crippen LogP contribution in [0.3, 0.4) is 0 Å². The molecule has 1 saturated heterocycles. The monoisotopic (exact) mass is 234 g/mol. The number of hydrogen-bond donors (Lipinski definition) is 2. The molecule has 0 aliphatic carbocycles. The summed E-state index contributed by atoms with van der Waals surface area (Å²) in [6.45, 7) is 2.61. The van der Waals surface area contributed by atoms with Crippen molar-refractivity contribution in [3.05, 3.63) is 35.4 Å². The molecule has 0 aromatic heterocycles. The Kier molecular flexibility index (Phi) is 4.53. The molecule has 0 amide bonds. The lowest BCUT2D eigenvalue weighted by molar-refractivity contribution is 0.0776. The second kappa shape index (κ2) is 6.37. The first-order valence-corrected chi connectivity index (χ1v) is 5.96. The number of ether oxygens (including phenoxy) is 1. The Morgan fingerprint density at radius 1 is 1.29 bits per heavy atom. The van der Waals surface area contributed by atoms with Gasteiger partial charge in [0, 0.05) is 25.8 Å². The minimum Gasteiger partial charge on any atom is -0.411 e. The maximum absolute atomic E-state index is 8.41. The van der Waals surface area contributed by atoms with Crippen LogP contribution in [0, 0.1) is 0 Å². The third-order valence-corrected chi connectivity index (χ3v) is 3.00. The van der Waals surface area contributed by atoms with Gasteiger partial charge < -0.3 is 15.3 Å². The predicted molar refractivity (Wildman–Crippen MR) is 66.5 cm³/mol. The van der Waals surface area contributed by atoms with Crippen molar-refractivity contribution in [1.82, 2.24) is 5.32 Å². The van der Waals surface area contributed by atoms with E-state index in [1.165, 1.54) is 11.8 Å². The fourth-order valence-corrected chi connectivity index (χ4v) is 1.95. The molecule has 2 N–H and O–H groups in total. The molecular formula is C13H18N2O2. The molecular weight excluding hydrogens is 216 g/mol. The SMILES string of the molecule is ON=Cc1ccc(CNC2CCOCC2)cc1. The lowest BCUT2D eigenvalue weighted by Crippen LogP contribution is -2.34. The first kappa shape index (κ1) is 12.1. The molecule has 0 saturated carbocycles. The first-order chi connectivity index (χ1) is 8.38. The molecule has 0 bridgehead atoms. The summed E-state index contributed by atoms with van der Waals surface area (Å²) in [5.74, 6) is 0. The maximum Gasteiger partial charge on any atom is 0.0733 e. The normalized spacial score (nSPS) is 17.6. The van der Waals surface area contributed by atoms with Crippen molar-refractivity contribution in [1.29, 1.82) is 0 Å². The lowest BCUT2D eigenvalue weighted by Gasteiger charge is -2.23. The van der Waals surface area contributed by atoms with Crippen LogP contribution < -0.4 is 5.32 Å². The Labute approximate surface area is 101 Å². The Bertz CT molecular complexity index is 356. The summed E-state index contributed by atoms with van der Waals surface area (Å²) in [6.07, 6.45) is 3.61. The fourth-order valence-electron chi connectivity index (χ4n) is 1.95. The Balaban J connectivity index is 1.81. The summed E-state index contributed by atoms with van der Waals surface area (Å²) in [4.78, 5) is 0. The van der Waals surface area contributed by atoms with Gasteiger partial charge in [0.2, 0.25) is 0 Å². The zero-order valence-electron chi connectivity index (χ0n) is 9.80. The molecule has 92 valence electrons. The number of nitrogens with one attached hydrogen (secondary N) is 1. The largest absolute Gasteiger partial charge is 0.411 e. The van der Waals surface area contributed by atoms with Gasteiger partial charge in [-0.1, -0.05) is 29.4 Å². The van der Waals surface area contributed by atoms with Gasteiger partial charge in [-0.3, -0.25) is 0 Å². The highest BCUT2D eigenvalue weighted by molar-refractivity contribution is 5.78. The second-order valence-corrected chi connectivity index (χ2v) is 4.25. The highest BCUT2D eigenvalue weighted by Gasteiger charge is 2.12. The van der Waals surface area contributed by atoms with Crippen molar-refractivity contribution >= 4 is 6.21 Å². The zero-order chi connectivity index (χ0) is 11.9. The first-order valence-electron chi connectivity index (χ1n) is 5.96. The lowest BCUT2D eigenvalue weighted by atomic mass is 10.1. The maximum atomic E-state index is 8.41. The van der Waals surface area contributed by atoms with Crippen LogP contribution in [0.15, 0.2) is 29.4 Å². The van der Waals surface area contributed by atoms with Crippen LogP contribution in [0.2, 0.25) is 0 Å². The molecule has 1 heterocycles. The van der Waals surface area contributed by atoms with Gasteiger partial charge in [0.1, 0.15) is 0 Å². The van der Waals surface area contributed by atoms with Gasteiger partial charge in [-0.05, 0) is 24.0 Å². The van der Waals surface area contributed by atoms with Gasteiger partial charge in [0.15, 0.2) is 0 Å². The van der Waals surface area contributed by atoms with Crippen LogP contribution in [0.5, 0.6) is 0 Å². The zero-order valence-corrected chi connectivity index (χ0v) is 9.80. The number of hydrogen-bond acceptors (Lipinski definition) is 4. The Morgan fingerprint density at radius 3 is 2.65 bits per heavy atom. The van der Waals surface area contributed by atoms with Crippen molar-refractivity contribution in [2.45, 2.75) is 25.4 Å². The number of benzene rings is 1. The molecule has 1 aliphatic rings. The molecule has 1 fully saturated rings. The van der Waals surface area contributed by atoms with Gasteiger partial charge in [0.25, 0.3) is 0 Å². The van der Waals surface area contributed by atoms with E-state index in [1.54, 1.807) is 0 Å². The minimum absolute atomic E-state index is 0.572. The standard InChI is InChI=1S/C13H18N2O2/c16-15-10-12-3-1-11(2-4-12)9-14-13-5-7-17-8-6-13/h1-4,10,13-14,16H,5-9H2. The average Bonchev–Trinajstić information content (AvgIpc) is 2.40. The van der Waals surface area contributed by atoms with Gasteiger partial charge in [0.05, 0.1) is 6.21 Å². The molecule has 4 heteroatoms. The van der Waals surface area contributed by atoms with E-state index in [0.29, 0.717) is 6.04 Å². The number of rotatable bonds is 4. The van der Waals surface area contributed by atoms with Crippen LogP contribution in [-0.2, 0) is 11.3 Å². The smallest absolute Gasteiger partial charge is 0.0733 e. The van der Waals surface area contributed by atoms with Crippen LogP contribution in [0.25, 0.3) is 0 Å². The highest BCUT2D eigenvalue weighted by atomic mass is 16.5. The molecule has 0 atom stereocenters. The van der Waals surface area contributed by atoms with Crippen LogP contribution in [0.4, 0.5) is 0 Å². The highest BCUT2D eigenvalue weighted by Crippen LogP contribution is 2.08. The van der Waals surface area contributed by atoms with E-state index in [-0.39, 0.29) is 0 Å². The summed E-state index contributed by atoms with van der Waals surface area (Å²) < 4.78 is 5.32. The van der Waals surface area contributed by atoms with Crippen LogP contribution in [-0.4, -0.2) is 30.7 Å². The van der Waals surface area contributed by atoms with E-state index in [9.17, 15) is 0 Å². The average molecular weight is 234 g/mol. The van der Waals surface area contributed by atoms with E-state index in [2.05, 4.69) is 10.5 Å². The van der Waals surface area contributed by atoms with Crippen LogP contribution >= 0.6 is 0 Å². The molecule has 0 radical (unpaired) electrons. The molecule has 4 nitrogen and oxygen atoms in total. The van der Waals surface area contributed by atoms with Gasteiger partial charge >= 0.3 is 0 Å². The molecule has 1 aromatic carbocycles. The van der Waals surface area contributed by atoms with Gasteiger partial charge in [-0.2, -0.15) is 0 Å². The molecule has 2 rings (SSSR count). The quantitative estimate of drug-likeness (QED) is 0.474. The summed E-state index contributed by atoms with van der Waals surface area (Å²) in [5, 5.41) is 14.9. The summed E-state index contributed by atoms with van der Waals surface area (Å²) >= 11 is 0.